The standard InChI is InChI=1S/C36H71NO7/c1-5-6-7-8-9-10-11-12-13-14-15-16-17-18-19-20-21-22-23-24-25-26-27-28-34(39)43-31-33(38)32-44-36(35(40)41)42-30-29-37(2,3)4/h33,36,38H,5-32H2,1-4H3. The van der Waals surface area contributed by atoms with Crippen LogP contribution in [0.25, 0.3) is 0 Å². The van der Waals surface area contributed by atoms with Crippen molar-refractivity contribution in [1.82, 2.24) is 0 Å². The third kappa shape index (κ3) is 32.2. The maximum absolute atomic E-state index is 11.9. The summed E-state index contributed by atoms with van der Waals surface area (Å²) in [6.07, 6.45) is 28.3. The van der Waals surface area contributed by atoms with Gasteiger partial charge in [0.2, 0.25) is 0 Å². The number of hydrogen-bond donors (Lipinski definition) is 1. The zero-order chi connectivity index (χ0) is 32.7. The van der Waals surface area contributed by atoms with Crippen LogP contribution >= 0.6 is 0 Å². The summed E-state index contributed by atoms with van der Waals surface area (Å²) in [4.78, 5) is 23.1. The number of rotatable bonds is 34. The van der Waals surface area contributed by atoms with Crippen molar-refractivity contribution in [2.75, 3.05) is 47.5 Å². The largest absolute Gasteiger partial charge is 0.545 e. The third-order valence-corrected chi connectivity index (χ3v) is 8.08. The van der Waals surface area contributed by atoms with Crippen LogP contribution in [-0.2, 0) is 23.8 Å². The lowest BCUT2D eigenvalue weighted by Crippen LogP contribution is -2.44. The van der Waals surface area contributed by atoms with Gasteiger partial charge in [-0.05, 0) is 6.42 Å². The van der Waals surface area contributed by atoms with Crippen molar-refractivity contribution in [3.63, 3.8) is 0 Å². The summed E-state index contributed by atoms with van der Waals surface area (Å²) >= 11 is 0. The quantitative estimate of drug-likeness (QED) is 0.0351. The molecule has 8 heteroatoms. The average molecular weight is 630 g/mol. The van der Waals surface area contributed by atoms with Crippen LogP contribution in [0, 0.1) is 0 Å². The van der Waals surface area contributed by atoms with Crippen molar-refractivity contribution in [1.29, 1.82) is 0 Å². The predicted molar refractivity (Wildman–Crippen MR) is 177 cm³/mol. The van der Waals surface area contributed by atoms with Crippen LogP contribution in [0.4, 0.5) is 0 Å². The molecule has 2 atom stereocenters. The lowest BCUT2D eigenvalue weighted by Gasteiger charge is -2.26. The van der Waals surface area contributed by atoms with E-state index in [0.717, 1.165) is 19.3 Å². The first-order valence-corrected chi connectivity index (χ1v) is 18.2. The number of ether oxygens (including phenoxy) is 3. The number of carbonyl (C=O) groups excluding carboxylic acids is 2. The molecule has 0 amide bonds. The monoisotopic (exact) mass is 630 g/mol. The Balaban J connectivity index is 3.44. The topological polar surface area (TPSA) is 105 Å². The minimum Gasteiger partial charge on any atom is -0.545 e. The summed E-state index contributed by atoms with van der Waals surface area (Å²) in [5, 5.41) is 21.1. The van der Waals surface area contributed by atoms with Gasteiger partial charge in [-0.2, -0.15) is 0 Å². The van der Waals surface area contributed by atoms with Crippen molar-refractivity contribution in [3.05, 3.63) is 0 Å². The van der Waals surface area contributed by atoms with Crippen molar-refractivity contribution < 1.29 is 38.5 Å². The van der Waals surface area contributed by atoms with E-state index in [4.69, 9.17) is 14.2 Å². The fourth-order valence-electron chi connectivity index (χ4n) is 5.18. The minimum absolute atomic E-state index is 0.173. The first-order valence-electron chi connectivity index (χ1n) is 18.2. The van der Waals surface area contributed by atoms with Gasteiger partial charge in [-0.25, -0.2) is 0 Å². The predicted octanol–water partition coefficient (Wildman–Crippen LogP) is 7.09. The molecule has 0 radical (unpaired) electrons. The number of hydrogen-bond acceptors (Lipinski definition) is 7. The molecule has 8 nitrogen and oxygen atoms in total. The smallest absolute Gasteiger partial charge is 0.305 e. The van der Waals surface area contributed by atoms with Crippen molar-refractivity contribution in [2.24, 2.45) is 0 Å². The van der Waals surface area contributed by atoms with Gasteiger partial charge in [0.25, 0.3) is 0 Å². The summed E-state index contributed by atoms with van der Waals surface area (Å²) < 4.78 is 16.0. The lowest BCUT2D eigenvalue weighted by molar-refractivity contribution is -0.870. The van der Waals surface area contributed by atoms with Crippen molar-refractivity contribution in [2.45, 2.75) is 173 Å². The Hall–Kier alpha value is -1.22. The molecule has 44 heavy (non-hydrogen) atoms. The molecule has 0 saturated carbocycles. The van der Waals surface area contributed by atoms with E-state index in [1.54, 1.807) is 0 Å². The van der Waals surface area contributed by atoms with Gasteiger partial charge in [0, 0.05) is 6.42 Å². The van der Waals surface area contributed by atoms with Gasteiger partial charge < -0.3 is 33.7 Å². The molecule has 2 unspecified atom stereocenters. The Morgan fingerprint density at radius 2 is 1.00 bits per heavy atom. The van der Waals surface area contributed by atoms with Gasteiger partial charge in [-0.1, -0.05) is 148 Å². The first-order chi connectivity index (χ1) is 21.2. The number of carbonyl (C=O) groups is 2. The highest BCUT2D eigenvalue weighted by atomic mass is 16.7. The Morgan fingerprint density at radius 3 is 1.36 bits per heavy atom. The molecule has 0 bridgehead atoms. The number of carboxylic acid groups (broad SMARTS) is 1. The minimum atomic E-state index is -1.57. The fourth-order valence-corrected chi connectivity index (χ4v) is 5.18. The highest BCUT2D eigenvalue weighted by Gasteiger charge is 2.17. The van der Waals surface area contributed by atoms with Gasteiger partial charge in [0.1, 0.15) is 19.3 Å². The van der Waals surface area contributed by atoms with Gasteiger partial charge >= 0.3 is 5.97 Å². The fraction of sp³-hybridized carbons (Fsp3) is 0.944. The second-order valence-corrected chi connectivity index (χ2v) is 13.7. The first kappa shape index (κ1) is 42.8. The molecule has 0 aliphatic heterocycles. The molecule has 0 aliphatic carbocycles. The molecule has 0 aromatic carbocycles. The third-order valence-electron chi connectivity index (χ3n) is 8.08. The van der Waals surface area contributed by atoms with Gasteiger partial charge in [0.15, 0.2) is 6.29 Å². The zero-order valence-corrected chi connectivity index (χ0v) is 29.3. The summed E-state index contributed by atoms with van der Waals surface area (Å²) in [6, 6.07) is 0. The molecule has 0 saturated heterocycles. The maximum atomic E-state index is 11.9. The lowest BCUT2D eigenvalue weighted by atomic mass is 10.0. The van der Waals surface area contributed by atoms with E-state index in [1.807, 2.05) is 21.1 Å². The molecule has 262 valence electrons. The number of carboxylic acids is 1. The maximum Gasteiger partial charge on any atom is 0.305 e. The van der Waals surface area contributed by atoms with E-state index in [9.17, 15) is 19.8 Å². The molecule has 0 spiro atoms. The molecular weight excluding hydrogens is 558 g/mol. The highest BCUT2D eigenvalue weighted by molar-refractivity contribution is 5.69. The SMILES string of the molecule is CCCCCCCCCCCCCCCCCCCCCCCCCC(=O)OCC(O)COC(OCC[N+](C)(C)C)C(=O)[O-]. The van der Waals surface area contributed by atoms with Crippen LogP contribution in [-0.4, -0.2) is 81.4 Å². The van der Waals surface area contributed by atoms with E-state index in [2.05, 4.69) is 6.92 Å². The van der Waals surface area contributed by atoms with Crippen molar-refractivity contribution in [3.8, 4) is 0 Å². The van der Waals surface area contributed by atoms with E-state index < -0.39 is 18.4 Å². The van der Waals surface area contributed by atoms with Gasteiger partial charge in [0.05, 0.1) is 40.3 Å². The number of nitrogens with zero attached hydrogens (tertiary/aromatic N) is 1. The Morgan fingerprint density at radius 1 is 0.614 bits per heavy atom. The number of likely N-dealkylation sites (N-methyl/N-ethyl adjacent to an activating group) is 1. The Bertz CT molecular complexity index is 653. The van der Waals surface area contributed by atoms with Gasteiger partial charge in [-0.3, -0.25) is 4.79 Å². The molecule has 0 aromatic heterocycles. The number of aliphatic hydroxyl groups excluding tert-OH is 1. The number of esters is 1. The summed E-state index contributed by atoms with van der Waals surface area (Å²) in [7, 11) is 5.87. The van der Waals surface area contributed by atoms with Gasteiger partial charge in [-0.15, -0.1) is 0 Å². The van der Waals surface area contributed by atoms with E-state index in [0.29, 0.717) is 17.4 Å². The highest BCUT2D eigenvalue weighted by Crippen LogP contribution is 2.15. The normalized spacial score (nSPS) is 13.2. The number of aliphatic hydroxyl groups is 1. The zero-order valence-electron chi connectivity index (χ0n) is 29.3. The molecular formula is C36H71NO7. The second kappa shape index (κ2) is 30.4. The number of unbranched alkanes of at least 4 members (excludes halogenated alkanes) is 22. The summed E-state index contributed by atoms with van der Waals surface area (Å²) in [6.45, 7) is 2.48. The number of quaternary nitrogens is 1. The van der Waals surface area contributed by atoms with Crippen molar-refractivity contribution >= 4 is 11.9 Å². The Labute approximate surface area is 271 Å². The van der Waals surface area contributed by atoms with Crippen LogP contribution in [0.5, 0.6) is 0 Å². The van der Waals surface area contributed by atoms with Crippen LogP contribution < -0.4 is 5.11 Å². The van der Waals surface area contributed by atoms with E-state index in [1.165, 1.54) is 128 Å². The number of aliphatic carboxylic acids is 1. The van der Waals surface area contributed by atoms with Crippen LogP contribution in [0.1, 0.15) is 161 Å². The molecule has 0 aromatic rings. The molecule has 1 N–H and O–H groups in total. The summed E-state index contributed by atoms with van der Waals surface area (Å²) in [5.41, 5.74) is 0. The van der Waals surface area contributed by atoms with Crippen LogP contribution in [0.3, 0.4) is 0 Å². The van der Waals surface area contributed by atoms with E-state index in [-0.39, 0.29) is 25.8 Å². The Kier molecular flexibility index (Phi) is 29.6. The van der Waals surface area contributed by atoms with Crippen LogP contribution in [0.15, 0.2) is 0 Å². The molecule has 0 rings (SSSR count). The molecule has 0 fully saturated rings. The molecule has 0 aliphatic rings. The van der Waals surface area contributed by atoms with E-state index >= 15 is 0 Å². The average Bonchev–Trinajstić information content (AvgIpc) is 2.97. The second-order valence-electron chi connectivity index (χ2n) is 13.7. The molecule has 0 heterocycles. The van der Waals surface area contributed by atoms with Crippen LogP contribution in [0.2, 0.25) is 0 Å². The summed E-state index contributed by atoms with van der Waals surface area (Å²) in [5.74, 6) is -1.86.